The van der Waals surface area contributed by atoms with Crippen LogP contribution in [0.1, 0.15) is 18.9 Å². The number of anilines is 1. The number of para-hydroxylation sites is 2. The van der Waals surface area contributed by atoms with Gasteiger partial charge in [-0.3, -0.25) is 14.6 Å². The number of pyridine rings is 1. The molecular formula is C18H19N3O3. The van der Waals surface area contributed by atoms with Gasteiger partial charge < -0.3 is 15.0 Å². The smallest absolute Gasteiger partial charge is 0.267 e. The number of aromatic nitrogens is 1. The summed E-state index contributed by atoms with van der Waals surface area (Å²) in [5.74, 6) is 0.439. The van der Waals surface area contributed by atoms with Crippen molar-refractivity contribution in [2.45, 2.75) is 26.0 Å². The van der Waals surface area contributed by atoms with Gasteiger partial charge in [0.05, 0.1) is 5.69 Å². The van der Waals surface area contributed by atoms with Gasteiger partial charge in [0.2, 0.25) is 5.91 Å². The number of amides is 2. The van der Waals surface area contributed by atoms with Gasteiger partial charge >= 0.3 is 0 Å². The lowest BCUT2D eigenvalue weighted by Crippen LogP contribution is -2.45. The molecule has 3 rings (SSSR count). The van der Waals surface area contributed by atoms with E-state index in [1.54, 1.807) is 24.2 Å². The van der Waals surface area contributed by atoms with Gasteiger partial charge in [0.25, 0.3) is 5.91 Å². The van der Waals surface area contributed by atoms with Crippen LogP contribution in [-0.4, -0.2) is 29.4 Å². The van der Waals surface area contributed by atoms with Gasteiger partial charge in [-0.2, -0.15) is 0 Å². The van der Waals surface area contributed by atoms with Crippen LogP contribution < -0.4 is 15.0 Å². The molecule has 0 aliphatic carbocycles. The molecule has 1 N–H and O–H groups in total. The Morgan fingerprint density at radius 3 is 2.79 bits per heavy atom. The minimum absolute atomic E-state index is 0.101. The Kier molecular flexibility index (Phi) is 4.74. The lowest BCUT2D eigenvalue weighted by atomic mass is 10.1. The fourth-order valence-corrected chi connectivity index (χ4v) is 2.59. The zero-order chi connectivity index (χ0) is 16.9. The third-order valence-corrected chi connectivity index (χ3v) is 3.88. The van der Waals surface area contributed by atoms with Gasteiger partial charge in [-0.1, -0.05) is 12.1 Å². The summed E-state index contributed by atoms with van der Waals surface area (Å²) < 4.78 is 5.59. The van der Waals surface area contributed by atoms with Gasteiger partial charge in [0.15, 0.2) is 6.10 Å². The fourth-order valence-electron chi connectivity index (χ4n) is 2.59. The molecule has 0 spiro atoms. The lowest BCUT2D eigenvalue weighted by molar-refractivity contribution is -0.125. The molecule has 0 bridgehead atoms. The van der Waals surface area contributed by atoms with E-state index < -0.39 is 6.10 Å². The first-order valence-electron chi connectivity index (χ1n) is 7.88. The molecule has 1 aromatic heterocycles. The molecule has 2 amide bonds. The summed E-state index contributed by atoms with van der Waals surface area (Å²) in [6.07, 6.45) is 3.07. The van der Waals surface area contributed by atoms with Crippen molar-refractivity contribution in [1.82, 2.24) is 10.3 Å². The van der Waals surface area contributed by atoms with Crippen LogP contribution in [0.2, 0.25) is 0 Å². The average Bonchev–Trinajstić information content (AvgIpc) is 2.61. The lowest BCUT2D eigenvalue weighted by Gasteiger charge is -2.32. The van der Waals surface area contributed by atoms with Crippen molar-refractivity contribution in [3.8, 4) is 5.75 Å². The summed E-state index contributed by atoms with van der Waals surface area (Å²) >= 11 is 0. The maximum absolute atomic E-state index is 12.3. The Morgan fingerprint density at radius 1 is 1.25 bits per heavy atom. The molecule has 0 radical (unpaired) electrons. The number of nitrogens with one attached hydrogen (secondary N) is 1. The van der Waals surface area contributed by atoms with Crippen LogP contribution in [0, 0.1) is 0 Å². The number of carbonyl (C=O) groups excluding carboxylic acids is 2. The van der Waals surface area contributed by atoms with E-state index in [0.29, 0.717) is 24.5 Å². The second-order valence-corrected chi connectivity index (χ2v) is 5.60. The van der Waals surface area contributed by atoms with Crippen molar-refractivity contribution < 1.29 is 14.3 Å². The molecule has 24 heavy (non-hydrogen) atoms. The minimum Gasteiger partial charge on any atom is -0.479 e. The molecule has 6 heteroatoms. The first-order chi connectivity index (χ1) is 11.6. The molecule has 1 aliphatic heterocycles. The Bertz CT molecular complexity index is 733. The molecule has 1 atom stereocenters. The molecule has 6 nitrogen and oxygen atoms in total. The van der Waals surface area contributed by atoms with Crippen LogP contribution in [-0.2, 0) is 16.1 Å². The van der Waals surface area contributed by atoms with Crippen LogP contribution >= 0.6 is 0 Å². The second kappa shape index (κ2) is 7.12. The molecular weight excluding hydrogens is 306 g/mol. The topological polar surface area (TPSA) is 71.5 Å². The van der Waals surface area contributed by atoms with Gasteiger partial charge in [-0.15, -0.1) is 0 Å². The van der Waals surface area contributed by atoms with Crippen molar-refractivity contribution in [3.05, 3.63) is 54.4 Å². The highest BCUT2D eigenvalue weighted by molar-refractivity contribution is 6.00. The van der Waals surface area contributed by atoms with Crippen molar-refractivity contribution in [3.63, 3.8) is 0 Å². The van der Waals surface area contributed by atoms with Gasteiger partial charge in [-0.05, 0) is 36.8 Å². The number of fused-ring (bicyclic) bond motifs is 1. The van der Waals surface area contributed by atoms with Crippen LogP contribution in [0.5, 0.6) is 5.75 Å². The minimum atomic E-state index is -0.542. The van der Waals surface area contributed by atoms with E-state index in [-0.39, 0.29) is 18.2 Å². The first-order valence-corrected chi connectivity index (χ1v) is 7.88. The van der Waals surface area contributed by atoms with Crippen LogP contribution in [0.25, 0.3) is 0 Å². The fraction of sp³-hybridized carbons (Fsp3) is 0.278. The first kappa shape index (κ1) is 16.0. The van der Waals surface area contributed by atoms with Crippen molar-refractivity contribution in [1.29, 1.82) is 0 Å². The van der Waals surface area contributed by atoms with Crippen LogP contribution in [0.4, 0.5) is 5.69 Å². The Labute approximate surface area is 140 Å². The summed E-state index contributed by atoms with van der Waals surface area (Å²) in [7, 11) is 0. The number of rotatable bonds is 5. The average molecular weight is 325 g/mol. The highest BCUT2D eigenvalue weighted by atomic mass is 16.5. The maximum Gasteiger partial charge on any atom is 0.267 e. The summed E-state index contributed by atoms with van der Waals surface area (Å²) in [5, 5.41) is 2.85. The Morgan fingerprint density at radius 2 is 2.00 bits per heavy atom. The summed E-state index contributed by atoms with van der Waals surface area (Å²) in [4.78, 5) is 30.0. The van der Waals surface area contributed by atoms with Gasteiger partial charge in [0.1, 0.15) is 5.75 Å². The summed E-state index contributed by atoms with van der Waals surface area (Å²) in [6, 6.07) is 11.1. The van der Waals surface area contributed by atoms with E-state index in [1.807, 2.05) is 36.4 Å². The third kappa shape index (κ3) is 3.53. The SMILES string of the molecule is CC1Oc2ccccc2N(CCC(=O)NCc2ccncc2)C1=O. The molecule has 0 saturated carbocycles. The summed E-state index contributed by atoms with van der Waals surface area (Å²) in [5.41, 5.74) is 1.70. The standard InChI is InChI=1S/C18H19N3O3/c1-13-18(23)21(15-4-2-3-5-16(15)24-13)11-8-17(22)20-12-14-6-9-19-10-7-14/h2-7,9-10,13H,8,11-12H2,1H3,(H,20,22). The Balaban J connectivity index is 1.59. The third-order valence-electron chi connectivity index (χ3n) is 3.88. The number of hydrogen-bond donors (Lipinski definition) is 1. The summed E-state index contributed by atoms with van der Waals surface area (Å²) in [6.45, 7) is 2.49. The molecule has 1 aliphatic rings. The van der Waals surface area contributed by atoms with Gasteiger partial charge in [-0.25, -0.2) is 0 Å². The van der Waals surface area contributed by atoms with E-state index in [0.717, 1.165) is 5.56 Å². The van der Waals surface area contributed by atoms with E-state index >= 15 is 0 Å². The predicted octanol–water partition coefficient (Wildman–Crippen LogP) is 1.90. The van der Waals surface area contributed by atoms with Gasteiger partial charge in [0, 0.05) is 31.9 Å². The molecule has 1 aromatic carbocycles. The molecule has 124 valence electrons. The number of carbonyl (C=O) groups is 2. The zero-order valence-electron chi connectivity index (χ0n) is 13.4. The molecule has 0 fully saturated rings. The number of benzene rings is 1. The molecule has 0 saturated heterocycles. The quantitative estimate of drug-likeness (QED) is 0.911. The van der Waals surface area contributed by atoms with E-state index in [2.05, 4.69) is 10.3 Å². The van der Waals surface area contributed by atoms with Crippen molar-refractivity contribution >= 4 is 17.5 Å². The monoisotopic (exact) mass is 325 g/mol. The molecule has 2 heterocycles. The highest BCUT2D eigenvalue weighted by Crippen LogP contribution is 2.33. The number of ether oxygens (including phenoxy) is 1. The second-order valence-electron chi connectivity index (χ2n) is 5.60. The predicted molar refractivity (Wildman–Crippen MR) is 89.6 cm³/mol. The highest BCUT2D eigenvalue weighted by Gasteiger charge is 2.31. The molecule has 1 unspecified atom stereocenters. The van der Waals surface area contributed by atoms with Crippen LogP contribution in [0.3, 0.4) is 0 Å². The van der Waals surface area contributed by atoms with E-state index in [1.165, 1.54) is 0 Å². The van der Waals surface area contributed by atoms with Crippen LogP contribution in [0.15, 0.2) is 48.8 Å². The zero-order valence-corrected chi connectivity index (χ0v) is 13.4. The van der Waals surface area contributed by atoms with E-state index in [9.17, 15) is 9.59 Å². The maximum atomic E-state index is 12.3. The number of nitrogens with zero attached hydrogens (tertiary/aromatic N) is 2. The Hall–Kier alpha value is -2.89. The van der Waals surface area contributed by atoms with Crippen molar-refractivity contribution in [2.24, 2.45) is 0 Å². The largest absolute Gasteiger partial charge is 0.479 e. The molecule has 2 aromatic rings. The normalized spacial score (nSPS) is 16.3. The number of hydrogen-bond acceptors (Lipinski definition) is 4. The van der Waals surface area contributed by atoms with Crippen molar-refractivity contribution in [2.75, 3.05) is 11.4 Å². The van der Waals surface area contributed by atoms with E-state index in [4.69, 9.17) is 4.74 Å².